The van der Waals surface area contributed by atoms with Gasteiger partial charge < -0.3 is 5.11 Å². The number of nitrogens with zero attached hydrogens (tertiary/aromatic N) is 1. The Morgan fingerprint density at radius 2 is 2.13 bits per heavy atom. The molecule has 1 N–H and O–H groups in total. The summed E-state index contributed by atoms with van der Waals surface area (Å²) in [6.07, 6.45) is 0. The molecule has 4 nitrogen and oxygen atoms in total. The van der Waals surface area contributed by atoms with Crippen LogP contribution in [0.5, 0.6) is 0 Å². The van der Waals surface area contributed by atoms with E-state index in [0.717, 1.165) is 0 Å². The first-order valence-electron chi connectivity index (χ1n) is 3.68. The zero-order valence-electron chi connectivity index (χ0n) is 7.24. The largest absolute Gasteiger partial charge is 0.392 e. The molecule has 0 aliphatic rings. The Labute approximate surface area is 99.6 Å². The standard InChI is InChI=1S/C8H5BrClNO3S/c9-7-2-1-5(4-12)6(3-11)8(7)15(10,13)14/h1-2,12H,4H2. The summed E-state index contributed by atoms with van der Waals surface area (Å²) in [5.41, 5.74) is 0.0850. The van der Waals surface area contributed by atoms with Gasteiger partial charge in [0.2, 0.25) is 0 Å². The molecule has 0 aliphatic carbocycles. The lowest BCUT2D eigenvalue weighted by molar-refractivity contribution is 0.281. The minimum atomic E-state index is -4.02. The second kappa shape index (κ2) is 4.49. The minimum absolute atomic E-state index is 0.137. The van der Waals surface area contributed by atoms with E-state index < -0.39 is 15.7 Å². The molecule has 80 valence electrons. The first-order chi connectivity index (χ1) is 6.91. The average molecular weight is 311 g/mol. The van der Waals surface area contributed by atoms with Crippen molar-refractivity contribution in [2.75, 3.05) is 0 Å². The van der Waals surface area contributed by atoms with Gasteiger partial charge in [-0.2, -0.15) is 5.26 Å². The Bertz CT molecular complexity index is 536. The van der Waals surface area contributed by atoms with E-state index in [1.807, 2.05) is 0 Å². The number of halogens is 2. The maximum absolute atomic E-state index is 11.2. The number of aliphatic hydroxyl groups is 1. The second-order valence-electron chi connectivity index (χ2n) is 2.62. The van der Waals surface area contributed by atoms with Crippen molar-refractivity contribution < 1.29 is 13.5 Å². The van der Waals surface area contributed by atoms with Crippen LogP contribution < -0.4 is 0 Å². The highest BCUT2D eigenvalue weighted by Gasteiger charge is 2.21. The Morgan fingerprint density at radius 3 is 2.53 bits per heavy atom. The number of nitriles is 1. The summed E-state index contributed by atoms with van der Waals surface area (Å²) in [7, 11) is 1.17. The fraction of sp³-hybridized carbons (Fsp3) is 0.125. The van der Waals surface area contributed by atoms with Crippen molar-refractivity contribution in [2.24, 2.45) is 0 Å². The highest BCUT2D eigenvalue weighted by atomic mass is 79.9. The summed E-state index contributed by atoms with van der Waals surface area (Å²) < 4.78 is 22.6. The predicted octanol–water partition coefficient (Wildman–Crippen LogP) is 1.74. The van der Waals surface area contributed by atoms with Crippen LogP contribution >= 0.6 is 26.6 Å². The van der Waals surface area contributed by atoms with E-state index in [1.54, 1.807) is 6.07 Å². The van der Waals surface area contributed by atoms with E-state index in [-0.39, 0.29) is 20.5 Å². The van der Waals surface area contributed by atoms with Gasteiger partial charge >= 0.3 is 0 Å². The summed E-state index contributed by atoms with van der Waals surface area (Å²) in [6, 6.07) is 4.58. The zero-order chi connectivity index (χ0) is 11.6. The molecule has 0 saturated carbocycles. The molecule has 1 aromatic rings. The van der Waals surface area contributed by atoms with Crippen molar-refractivity contribution in [3.8, 4) is 6.07 Å². The molecule has 1 aromatic carbocycles. The zero-order valence-corrected chi connectivity index (χ0v) is 10.4. The molecule has 1 rings (SSSR count). The normalized spacial score (nSPS) is 11.1. The van der Waals surface area contributed by atoms with E-state index in [2.05, 4.69) is 15.9 Å². The lowest BCUT2D eigenvalue weighted by Gasteiger charge is -2.06. The molecule has 0 saturated heterocycles. The average Bonchev–Trinajstić information content (AvgIpc) is 2.15. The third kappa shape index (κ3) is 2.49. The molecule has 0 atom stereocenters. The summed E-state index contributed by atoms with van der Waals surface area (Å²) in [4.78, 5) is -0.307. The van der Waals surface area contributed by atoms with Crippen LogP contribution in [-0.2, 0) is 15.7 Å². The number of hydrogen-bond acceptors (Lipinski definition) is 4. The highest BCUT2D eigenvalue weighted by molar-refractivity contribution is 9.10. The summed E-state index contributed by atoms with van der Waals surface area (Å²) in [6.45, 7) is -0.421. The van der Waals surface area contributed by atoms with Crippen molar-refractivity contribution >= 4 is 35.7 Å². The number of aliphatic hydroxyl groups excluding tert-OH is 1. The molecule has 0 spiro atoms. The molecule has 7 heteroatoms. The van der Waals surface area contributed by atoms with Gasteiger partial charge in [-0.15, -0.1) is 0 Å². The Kier molecular flexibility index (Phi) is 3.73. The van der Waals surface area contributed by atoms with E-state index in [4.69, 9.17) is 21.1 Å². The van der Waals surface area contributed by atoms with Gasteiger partial charge in [0.15, 0.2) is 0 Å². The molecule has 0 radical (unpaired) electrons. The summed E-state index contributed by atoms with van der Waals surface area (Å²) >= 11 is 2.99. The SMILES string of the molecule is N#Cc1c(CO)ccc(Br)c1S(=O)(=O)Cl. The Balaban J connectivity index is 3.71. The van der Waals surface area contributed by atoms with E-state index in [9.17, 15) is 8.42 Å². The summed E-state index contributed by atoms with van der Waals surface area (Å²) in [5, 5.41) is 17.7. The van der Waals surface area contributed by atoms with Crippen molar-refractivity contribution in [1.82, 2.24) is 0 Å². The first-order valence-corrected chi connectivity index (χ1v) is 6.79. The maximum Gasteiger partial charge on any atom is 0.263 e. The molecule has 15 heavy (non-hydrogen) atoms. The molecule has 0 heterocycles. The van der Waals surface area contributed by atoms with Gasteiger partial charge in [-0.05, 0) is 27.6 Å². The lowest BCUT2D eigenvalue weighted by atomic mass is 10.1. The van der Waals surface area contributed by atoms with Crippen LogP contribution in [0.1, 0.15) is 11.1 Å². The van der Waals surface area contributed by atoms with Gasteiger partial charge in [0.05, 0.1) is 12.2 Å². The first kappa shape index (κ1) is 12.5. The monoisotopic (exact) mass is 309 g/mol. The van der Waals surface area contributed by atoms with Crippen molar-refractivity contribution in [2.45, 2.75) is 11.5 Å². The molecular formula is C8H5BrClNO3S. The fourth-order valence-corrected chi connectivity index (χ4v) is 3.54. The summed E-state index contributed by atoms with van der Waals surface area (Å²) in [5.74, 6) is 0. The van der Waals surface area contributed by atoms with E-state index in [1.165, 1.54) is 12.1 Å². The smallest absolute Gasteiger partial charge is 0.263 e. The van der Waals surface area contributed by atoms with Gasteiger partial charge in [-0.3, -0.25) is 0 Å². The third-order valence-electron chi connectivity index (χ3n) is 1.72. The molecule has 0 unspecified atom stereocenters. The van der Waals surface area contributed by atoms with E-state index in [0.29, 0.717) is 0 Å². The molecule has 0 aliphatic heterocycles. The molecule has 0 aromatic heterocycles. The Hall–Kier alpha value is -0.610. The van der Waals surface area contributed by atoms with Gasteiger partial charge in [-0.1, -0.05) is 6.07 Å². The van der Waals surface area contributed by atoms with Crippen LogP contribution in [0.3, 0.4) is 0 Å². The number of benzene rings is 1. The van der Waals surface area contributed by atoms with Crippen LogP contribution in [0.25, 0.3) is 0 Å². The Morgan fingerprint density at radius 1 is 1.53 bits per heavy atom. The van der Waals surface area contributed by atoms with Crippen molar-refractivity contribution in [1.29, 1.82) is 5.26 Å². The predicted molar refractivity (Wildman–Crippen MR) is 57.8 cm³/mol. The van der Waals surface area contributed by atoms with Crippen molar-refractivity contribution in [3.05, 3.63) is 27.7 Å². The fourth-order valence-electron chi connectivity index (χ4n) is 1.09. The minimum Gasteiger partial charge on any atom is -0.392 e. The van der Waals surface area contributed by atoms with Gasteiger partial charge in [0, 0.05) is 15.2 Å². The second-order valence-corrected chi connectivity index (χ2v) is 5.98. The quantitative estimate of drug-likeness (QED) is 0.844. The van der Waals surface area contributed by atoms with Crippen LogP contribution in [0.15, 0.2) is 21.5 Å². The van der Waals surface area contributed by atoms with Crippen molar-refractivity contribution in [3.63, 3.8) is 0 Å². The molecular weight excluding hydrogens is 306 g/mol. The molecule has 0 fully saturated rings. The highest BCUT2D eigenvalue weighted by Crippen LogP contribution is 2.30. The lowest BCUT2D eigenvalue weighted by Crippen LogP contribution is -2.01. The van der Waals surface area contributed by atoms with E-state index >= 15 is 0 Å². The number of rotatable bonds is 2. The molecule has 0 bridgehead atoms. The molecule has 0 amide bonds. The van der Waals surface area contributed by atoms with Crippen LogP contribution in [0, 0.1) is 11.3 Å². The number of hydrogen-bond donors (Lipinski definition) is 1. The maximum atomic E-state index is 11.2. The van der Waals surface area contributed by atoms with Gasteiger partial charge in [0.1, 0.15) is 11.0 Å². The topological polar surface area (TPSA) is 78.2 Å². The van der Waals surface area contributed by atoms with Crippen LogP contribution in [0.4, 0.5) is 0 Å². The third-order valence-corrected chi connectivity index (χ3v) is 4.02. The van der Waals surface area contributed by atoms with Crippen LogP contribution in [-0.4, -0.2) is 13.5 Å². The van der Waals surface area contributed by atoms with Gasteiger partial charge in [0.25, 0.3) is 9.05 Å². The van der Waals surface area contributed by atoms with Crippen LogP contribution in [0.2, 0.25) is 0 Å². The van der Waals surface area contributed by atoms with Gasteiger partial charge in [-0.25, -0.2) is 8.42 Å².